The molecule has 1 heterocycles. The van der Waals surface area contributed by atoms with E-state index in [0.29, 0.717) is 11.4 Å². The first-order valence-electron chi connectivity index (χ1n) is 8.97. The summed E-state index contributed by atoms with van der Waals surface area (Å²) < 4.78 is 26.6. The van der Waals surface area contributed by atoms with Gasteiger partial charge in [-0.2, -0.15) is 0 Å². The summed E-state index contributed by atoms with van der Waals surface area (Å²) >= 11 is 0. The third-order valence-electron chi connectivity index (χ3n) is 5.22. The van der Waals surface area contributed by atoms with Gasteiger partial charge in [-0.3, -0.25) is 14.5 Å². The normalized spacial score (nSPS) is 20.8. The second-order valence-corrected chi connectivity index (χ2v) is 8.49. The molecule has 0 aromatic heterocycles. The third kappa shape index (κ3) is 3.23. The lowest BCUT2D eigenvalue weighted by molar-refractivity contribution is -0.131. The van der Waals surface area contributed by atoms with Crippen molar-refractivity contribution in [3.05, 3.63) is 65.2 Å². The predicted octanol–water partition coefficient (Wildman–Crippen LogP) is 2.26. The Kier molecular flexibility index (Phi) is 4.47. The Labute approximate surface area is 159 Å². The highest BCUT2D eigenvalue weighted by atomic mass is 32.2. The van der Waals surface area contributed by atoms with E-state index in [1.54, 1.807) is 29.2 Å². The van der Waals surface area contributed by atoms with Crippen LogP contribution in [0, 0.1) is 0 Å². The van der Waals surface area contributed by atoms with Gasteiger partial charge < -0.3 is 4.90 Å². The summed E-state index contributed by atoms with van der Waals surface area (Å²) in [6.45, 7) is 0.240. The van der Waals surface area contributed by atoms with Crippen molar-refractivity contribution in [2.75, 3.05) is 13.6 Å². The number of benzene rings is 2. The maximum absolute atomic E-state index is 12.6. The Hall–Kier alpha value is -2.67. The quantitative estimate of drug-likeness (QED) is 0.880. The molecule has 27 heavy (non-hydrogen) atoms. The molecule has 0 bridgehead atoms. The molecule has 2 aliphatic rings. The minimum atomic E-state index is -3.54. The van der Waals surface area contributed by atoms with E-state index in [-0.39, 0.29) is 29.8 Å². The summed E-state index contributed by atoms with van der Waals surface area (Å²) in [6, 6.07) is 15.1. The smallest absolute Gasteiger partial charge is 0.263 e. The van der Waals surface area contributed by atoms with Gasteiger partial charge in [-0.15, -0.1) is 0 Å². The molecule has 1 unspecified atom stereocenters. The van der Waals surface area contributed by atoms with E-state index < -0.39 is 10.0 Å². The molecule has 0 fully saturated rings. The molecular weight excluding hydrogens is 362 g/mol. The van der Waals surface area contributed by atoms with Crippen LogP contribution < -0.4 is 4.72 Å². The van der Waals surface area contributed by atoms with Gasteiger partial charge in [0, 0.05) is 19.0 Å². The Morgan fingerprint density at radius 1 is 1.19 bits per heavy atom. The summed E-state index contributed by atoms with van der Waals surface area (Å²) in [5.41, 5.74) is 3.08. The number of rotatable bonds is 4. The van der Waals surface area contributed by atoms with Crippen LogP contribution in [0.3, 0.4) is 0 Å². The lowest BCUT2D eigenvalue weighted by Crippen LogP contribution is -2.30. The van der Waals surface area contributed by atoms with Gasteiger partial charge >= 0.3 is 0 Å². The van der Waals surface area contributed by atoms with E-state index in [0.717, 1.165) is 12.8 Å². The Morgan fingerprint density at radius 3 is 2.78 bits per heavy atom. The number of hydrogen-bond donors (Lipinski definition) is 1. The molecule has 4 rings (SSSR count). The van der Waals surface area contributed by atoms with E-state index in [2.05, 4.69) is 21.8 Å². The van der Waals surface area contributed by atoms with Crippen LogP contribution in [-0.2, 0) is 21.2 Å². The number of hydrogen-bond acceptors (Lipinski definition) is 4. The molecule has 6 nitrogen and oxygen atoms in total. The van der Waals surface area contributed by atoms with Crippen molar-refractivity contribution in [1.82, 2.24) is 9.62 Å². The fraction of sp³-hybridized carbons (Fsp3) is 0.300. The number of amidine groups is 1. The third-order valence-corrected chi connectivity index (χ3v) is 6.62. The summed E-state index contributed by atoms with van der Waals surface area (Å²) in [4.78, 5) is 19.0. The van der Waals surface area contributed by atoms with Crippen LogP contribution in [0.15, 0.2) is 58.4 Å². The van der Waals surface area contributed by atoms with Crippen LogP contribution in [0.2, 0.25) is 0 Å². The molecule has 140 valence electrons. The maximum Gasteiger partial charge on any atom is 0.263 e. The van der Waals surface area contributed by atoms with Gasteiger partial charge in [-0.25, -0.2) is 8.42 Å². The number of sulfonamides is 1. The minimum absolute atomic E-state index is 0.00944. The lowest BCUT2D eigenvalue weighted by Gasteiger charge is -2.25. The van der Waals surface area contributed by atoms with Crippen LogP contribution in [0.1, 0.15) is 35.6 Å². The van der Waals surface area contributed by atoms with Crippen molar-refractivity contribution in [3.63, 3.8) is 0 Å². The van der Waals surface area contributed by atoms with E-state index in [1.165, 1.54) is 11.1 Å². The van der Waals surface area contributed by atoms with Crippen LogP contribution in [-0.4, -0.2) is 38.7 Å². The molecule has 1 aliphatic heterocycles. The van der Waals surface area contributed by atoms with Crippen molar-refractivity contribution < 1.29 is 13.2 Å². The van der Waals surface area contributed by atoms with Crippen molar-refractivity contribution >= 4 is 21.8 Å². The highest BCUT2D eigenvalue weighted by molar-refractivity contribution is 7.90. The molecule has 0 saturated carbocycles. The number of carbonyl (C=O) groups excluding carboxylic acids is 1. The number of nitrogens with zero attached hydrogens (tertiary/aromatic N) is 2. The molecule has 2 aromatic carbocycles. The second kappa shape index (κ2) is 6.81. The largest absolute Gasteiger partial charge is 0.339 e. The molecule has 0 spiro atoms. The highest BCUT2D eigenvalue weighted by Crippen LogP contribution is 2.35. The van der Waals surface area contributed by atoms with Gasteiger partial charge in [-0.05, 0) is 36.1 Å². The molecule has 1 amide bonds. The zero-order valence-electron chi connectivity index (χ0n) is 15.1. The van der Waals surface area contributed by atoms with Gasteiger partial charge in [0.25, 0.3) is 10.0 Å². The average Bonchev–Trinajstić information content (AvgIpc) is 3.20. The molecule has 0 saturated heterocycles. The van der Waals surface area contributed by atoms with Gasteiger partial charge in [0.1, 0.15) is 5.84 Å². The van der Waals surface area contributed by atoms with Crippen LogP contribution in [0.5, 0.6) is 0 Å². The number of nitrogens with one attached hydrogen (secondary N) is 1. The first kappa shape index (κ1) is 17.7. The zero-order valence-corrected chi connectivity index (χ0v) is 15.9. The van der Waals surface area contributed by atoms with Crippen molar-refractivity contribution in [3.8, 4) is 0 Å². The van der Waals surface area contributed by atoms with E-state index >= 15 is 0 Å². The Morgan fingerprint density at radius 2 is 1.93 bits per heavy atom. The summed E-state index contributed by atoms with van der Waals surface area (Å²) in [6.07, 6.45) is 2.16. The fourth-order valence-corrected chi connectivity index (χ4v) is 5.05. The lowest BCUT2D eigenvalue weighted by atomic mass is 10.1. The Bertz CT molecular complexity index is 1030. The molecule has 7 heteroatoms. The maximum atomic E-state index is 12.6. The number of fused-ring (bicyclic) bond motifs is 2. The second-order valence-electron chi connectivity index (χ2n) is 6.84. The summed E-state index contributed by atoms with van der Waals surface area (Å²) in [7, 11) is -1.72. The molecular formula is C20H21N3O3S. The topological polar surface area (TPSA) is 78.8 Å². The predicted molar refractivity (Wildman–Crippen MR) is 103 cm³/mol. The number of aliphatic imine (C=N–C) groups is 1. The minimum Gasteiger partial charge on any atom is -0.339 e. The molecule has 0 radical (unpaired) electrons. The first-order valence-corrected chi connectivity index (χ1v) is 10.5. The van der Waals surface area contributed by atoms with Crippen LogP contribution in [0.4, 0.5) is 0 Å². The number of aryl methyl sites for hydroxylation is 1. The van der Waals surface area contributed by atoms with E-state index in [1.807, 2.05) is 19.2 Å². The van der Waals surface area contributed by atoms with Gasteiger partial charge in [-0.1, -0.05) is 36.4 Å². The summed E-state index contributed by atoms with van der Waals surface area (Å²) in [5, 5.41) is 0. The van der Waals surface area contributed by atoms with Gasteiger partial charge in [0.2, 0.25) is 5.91 Å². The highest BCUT2D eigenvalue weighted by Gasteiger charge is 2.30. The van der Waals surface area contributed by atoms with Gasteiger partial charge in [0.15, 0.2) is 0 Å². The number of carbonyl (C=O) groups is 1. The van der Waals surface area contributed by atoms with Crippen LogP contribution >= 0.6 is 0 Å². The standard InChI is InChI=1S/C20H21N3O3S/c1-23(17-11-10-14-6-2-3-7-15(14)17)19(24)12-13-21-20-16-8-4-5-9-18(16)27(25,26)22-20/h2-9,17H,10-13H2,1H3,(H,21,22). The van der Waals surface area contributed by atoms with E-state index in [4.69, 9.17) is 0 Å². The van der Waals surface area contributed by atoms with Crippen molar-refractivity contribution in [1.29, 1.82) is 0 Å². The average molecular weight is 383 g/mol. The van der Waals surface area contributed by atoms with Crippen LogP contribution in [0.25, 0.3) is 0 Å². The number of amides is 1. The Balaban J connectivity index is 1.43. The molecule has 1 aliphatic carbocycles. The SMILES string of the molecule is CN(C(=O)CCN=C1NS(=O)(=O)c2ccccc21)C1CCc2ccccc21. The molecule has 1 atom stereocenters. The van der Waals surface area contributed by atoms with Crippen molar-refractivity contribution in [2.24, 2.45) is 4.99 Å². The summed E-state index contributed by atoms with van der Waals surface area (Å²) in [5.74, 6) is 0.322. The fourth-order valence-electron chi connectivity index (χ4n) is 3.80. The molecule has 1 N–H and O–H groups in total. The van der Waals surface area contributed by atoms with Gasteiger partial charge in [0.05, 0.1) is 17.5 Å². The monoisotopic (exact) mass is 383 g/mol. The zero-order chi connectivity index (χ0) is 19.0. The van der Waals surface area contributed by atoms with E-state index in [9.17, 15) is 13.2 Å². The van der Waals surface area contributed by atoms with Crippen molar-refractivity contribution in [2.45, 2.75) is 30.2 Å². The molecule has 2 aromatic rings. The first-order chi connectivity index (χ1) is 13.0.